The molecule has 1 aromatic heterocycles. The van der Waals surface area contributed by atoms with E-state index in [0.29, 0.717) is 29.5 Å². The summed E-state index contributed by atoms with van der Waals surface area (Å²) in [7, 11) is 0. The van der Waals surface area contributed by atoms with Gasteiger partial charge in [0.15, 0.2) is 5.82 Å². The minimum atomic E-state index is -0.107. The Balaban J connectivity index is 1.40. The quantitative estimate of drug-likeness (QED) is 0.640. The summed E-state index contributed by atoms with van der Waals surface area (Å²) >= 11 is 5.96. The van der Waals surface area contributed by atoms with Crippen molar-refractivity contribution in [3.63, 3.8) is 0 Å². The lowest BCUT2D eigenvalue weighted by molar-refractivity contribution is 0.0936. The Morgan fingerprint density at radius 1 is 1.28 bits per heavy atom. The van der Waals surface area contributed by atoms with E-state index in [1.54, 1.807) is 6.07 Å². The molecule has 4 rings (SSSR count). The van der Waals surface area contributed by atoms with Gasteiger partial charge in [-0.1, -0.05) is 35.9 Å². The van der Waals surface area contributed by atoms with Crippen molar-refractivity contribution in [2.45, 2.75) is 19.4 Å². The number of amides is 1. The summed E-state index contributed by atoms with van der Waals surface area (Å²) in [5.41, 5.74) is 2.54. The number of nitrogens with one attached hydrogen (secondary N) is 2. The van der Waals surface area contributed by atoms with E-state index in [-0.39, 0.29) is 11.9 Å². The number of benzene rings is 2. The molecule has 0 unspecified atom stereocenters. The fourth-order valence-electron chi connectivity index (χ4n) is 3.54. The van der Waals surface area contributed by atoms with Gasteiger partial charge in [0.2, 0.25) is 0 Å². The van der Waals surface area contributed by atoms with Crippen LogP contribution in [0.2, 0.25) is 5.02 Å². The SMILES string of the molecule is CCOc1ccccc1C(=O)N[C@H]1CCN(c2cc(-c3ccc(Cl)cc3)[nH]n2)C1. The van der Waals surface area contributed by atoms with E-state index in [2.05, 4.69) is 20.4 Å². The van der Waals surface area contributed by atoms with Gasteiger partial charge in [-0.25, -0.2) is 0 Å². The fraction of sp³-hybridized carbons (Fsp3) is 0.273. The molecule has 2 aromatic carbocycles. The number of anilines is 1. The van der Waals surface area contributed by atoms with Crippen LogP contribution in [0.5, 0.6) is 5.75 Å². The van der Waals surface area contributed by atoms with Gasteiger partial charge < -0.3 is 15.0 Å². The molecule has 29 heavy (non-hydrogen) atoms. The van der Waals surface area contributed by atoms with Crippen LogP contribution in [0.4, 0.5) is 5.82 Å². The fourth-order valence-corrected chi connectivity index (χ4v) is 3.66. The number of carbonyl (C=O) groups excluding carboxylic acids is 1. The second-order valence-corrected chi connectivity index (χ2v) is 7.42. The van der Waals surface area contributed by atoms with Crippen LogP contribution in [-0.4, -0.2) is 41.8 Å². The molecule has 0 spiro atoms. The average molecular weight is 411 g/mol. The van der Waals surface area contributed by atoms with Crippen LogP contribution >= 0.6 is 11.6 Å². The Labute approximate surface area is 174 Å². The van der Waals surface area contributed by atoms with Crippen molar-refractivity contribution < 1.29 is 9.53 Å². The first-order chi connectivity index (χ1) is 14.1. The number of H-pyrrole nitrogens is 1. The van der Waals surface area contributed by atoms with E-state index in [1.165, 1.54) is 0 Å². The molecule has 0 aliphatic carbocycles. The van der Waals surface area contributed by atoms with Crippen molar-refractivity contribution in [1.82, 2.24) is 15.5 Å². The lowest BCUT2D eigenvalue weighted by atomic mass is 10.1. The van der Waals surface area contributed by atoms with Gasteiger partial charge in [0.05, 0.1) is 17.9 Å². The first-order valence-electron chi connectivity index (χ1n) is 9.73. The Morgan fingerprint density at radius 2 is 2.07 bits per heavy atom. The Hall–Kier alpha value is -2.99. The first kappa shape index (κ1) is 19.3. The van der Waals surface area contributed by atoms with Crippen molar-refractivity contribution in [3.05, 3.63) is 65.2 Å². The van der Waals surface area contributed by atoms with Crippen LogP contribution in [0, 0.1) is 0 Å². The molecule has 0 saturated carbocycles. The van der Waals surface area contributed by atoms with Gasteiger partial charge in [-0.15, -0.1) is 0 Å². The van der Waals surface area contributed by atoms with Crippen LogP contribution in [0.15, 0.2) is 54.6 Å². The summed E-state index contributed by atoms with van der Waals surface area (Å²) < 4.78 is 5.57. The molecule has 1 fully saturated rings. The van der Waals surface area contributed by atoms with Crippen molar-refractivity contribution in [3.8, 4) is 17.0 Å². The summed E-state index contributed by atoms with van der Waals surface area (Å²) in [6.07, 6.45) is 0.867. The van der Waals surface area contributed by atoms with E-state index in [1.807, 2.05) is 55.5 Å². The largest absolute Gasteiger partial charge is 0.493 e. The minimum absolute atomic E-state index is 0.0628. The number of rotatable bonds is 6. The number of halogens is 1. The highest BCUT2D eigenvalue weighted by Crippen LogP contribution is 2.26. The van der Waals surface area contributed by atoms with E-state index in [0.717, 1.165) is 30.0 Å². The topological polar surface area (TPSA) is 70.2 Å². The summed E-state index contributed by atoms with van der Waals surface area (Å²) in [4.78, 5) is 14.9. The zero-order valence-corrected chi connectivity index (χ0v) is 16.9. The highest BCUT2D eigenvalue weighted by Gasteiger charge is 2.26. The summed E-state index contributed by atoms with van der Waals surface area (Å²) in [6, 6.07) is 17.1. The molecule has 2 heterocycles. The average Bonchev–Trinajstić information content (AvgIpc) is 3.39. The third kappa shape index (κ3) is 4.38. The maximum atomic E-state index is 12.7. The Morgan fingerprint density at radius 3 is 2.86 bits per heavy atom. The predicted molar refractivity (Wildman–Crippen MR) is 115 cm³/mol. The second kappa shape index (κ2) is 8.57. The first-order valence-corrected chi connectivity index (χ1v) is 10.1. The molecule has 6 nitrogen and oxygen atoms in total. The molecule has 1 aliphatic rings. The molecular formula is C22H23ClN4O2. The number of aromatic amines is 1. The molecule has 0 bridgehead atoms. The van der Waals surface area contributed by atoms with Gasteiger partial charge in [-0.3, -0.25) is 9.89 Å². The van der Waals surface area contributed by atoms with E-state index >= 15 is 0 Å². The molecule has 3 aromatic rings. The molecule has 0 radical (unpaired) electrons. The normalized spacial score (nSPS) is 16.1. The van der Waals surface area contributed by atoms with Gasteiger partial charge in [-0.05, 0) is 43.2 Å². The molecule has 1 atom stereocenters. The van der Waals surface area contributed by atoms with Crippen LogP contribution in [0.1, 0.15) is 23.7 Å². The van der Waals surface area contributed by atoms with Gasteiger partial charge in [0.1, 0.15) is 5.75 Å². The monoisotopic (exact) mass is 410 g/mol. The van der Waals surface area contributed by atoms with Crippen molar-refractivity contribution in [2.75, 3.05) is 24.6 Å². The smallest absolute Gasteiger partial charge is 0.255 e. The van der Waals surface area contributed by atoms with E-state index < -0.39 is 0 Å². The van der Waals surface area contributed by atoms with Crippen LogP contribution in [0.3, 0.4) is 0 Å². The maximum Gasteiger partial charge on any atom is 0.255 e. The number of aromatic nitrogens is 2. The second-order valence-electron chi connectivity index (χ2n) is 6.98. The molecule has 1 saturated heterocycles. The number of hydrogen-bond acceptors (Lipinski definition) is 4. The standard InChI is InChI=1S/C22H23ClN4O2/c1-2-29-20-6-4-3-5-18(20)22(28)24-17-11-12-27(14-17)21-13-19(25-26-21)15-7-9-16(23)10-8-15/h3-10,13,17H,2,11-12,14H2,1H3,(H,24,28)(H,25,26)/t17-/m0/s1. The number of carbonyl (C=O) groups is 1. The van der Waals surface area contributed by atoms with Crippen molar-refractivity contribution >= 4 is 23.3 Å². The number of nitrogens with zero attached hydrogens (tertiary/aromatic N) is 2. The third-order valence-electron chi connectivity index (χ3n) is 5.00. The zero-order valence-electron chi connectivity index (χ0n) is 16.2. The van der Waals surface area contributed by atoms with Gasteiger partial charge in [0.25, 0.3) is 5.91 Å². The molecule has 2 N–H and O–H groups in total. The van der Waals surface area contributed by atoms with Crippen LogP contribution in [0.25, 0.3) is 11.3 Å². The maximum absolute atomic E-state index is 12.7. The number of ether oxygens (including phenoxy) is 1. The van der Waals surface area contributed by atoms with Crippen molar-refractivity contribution in [2.24, 2.45) is 0 Å². The number of para-hydroxylation sites is 1. The molecule has 150 valence electrons. The highest BCUT2D eigenvalue weighted by atomic mass is 35.5. The minimum Gasteiger partial charge on any atom is -0.493 e. The summed E-state index contributed by atoms with van der Waals surface area (Å²) in [5.74, 6) is 1.38. The number of hydrogen-bond donors (Lipinski definition) is 2. The van der Waals surface area contributed by atoms with E-state index in [4.69, 9.17) is 16.3 Å². The van der Waals surface area contributed by atoms with Gasteiger partial charge in [0, 0.05) is 30.2 Å². The van der Waals surface area contributed by atoms with Crippen molar-refractivity contribution in [1.29, 1.82) is 0 Å². The van der Waals surface area contributed by atoms with Gasteiger partial charge >= 0.3 is 0 Å². The van der Waals surface area contributed by atoms with Gasteiger partial charge in [-0.2, -0.15) is 5.10 Å². The molecule has 1 aliphatic heterocycles. The lowest BCUT2D eigenvalue weighted by Gasteiger charge is -2.17. The van der Waals surface area contributed by atoms with Crippen LogP contribution < -0.4 is 15.0 Å². The molecular weight excluding hydrogens is 388 g/mol. The van der Waals surface area contributed by atoms with Crippen LogP contribution in [-0.2, 0) is 0 Å². The Bertz CT molecular complexity index is 986. The summed E-state index contributed by atoms with van der Waals surface area (Å²) in [5, 5.41) is 11.4. The predicted octanol–water partition coefficient (Wildman–Crippen LogP) is 4.14. The zero-order chi connectivity index (χ0) is 20.2. The highest BCUT2D eigenvalue weighted by molar-refractivity contribution is 6.30. The molecule has 1 amide bonds. The molecule has 7 heteroatoms. The summed E-state index contributed by atoms with van der Waals surface area (Å²) in [6.45, 7) is 3.98. The lowest BCUT2D eigenvalue weighted by Crippen LogP contribution is -2.37. The Kier molecular flexibility index (Phi) is 5.71. The van der Waals surface area contributed by atoms with E-state index in [9.17, 15) is 4.79 Å². The third-order valence-corrected chi connectivity index (χ3v) is 5.25.